The zero-order valence-corrected chi connectivity index (χ0v) is 43.3. The number of hydrogen-bond donors (Lipinski definition) is 7. The van der Waals surface area contributed by atoms with E-state index in [4.69, 9.17) is 28.4 Å². The Morgan fingerprint density at radius 2 is 0.899 bits per heavy atom. The maximum Gasteiger partial charge on any atom is 0.306 e. The minimum Gasteiger partial charge on any atom is -0.457 e. The number of allylic oxidation sites excluding steroid dienone is 4. The Hall–Kier alpha value is -1.53. The molecule has 0 radical (unpaired) electrons. The van der Waals surface area contributed by atoms with Crippen LogP contribution in [0.4, 0.5) is 0 Å². The van der Waals surface area contributed by atoms with Gasteiger partial charge in [-0.2, -0.15) is 0 Å². The van der Waals surface area contributed by atoms with Gasteiger partial charge in [0.1, 0.15) is 54.9 Å². The molecular weight excluding hydrogens is 885 g/mol. The van der Waals surface area contributed by atoms with Crippen LogP contribution in [0.15, 0.2) is 24.3 Å². The second-order valence-electron chi connectivity index (χ2n) is 19.8. The standard InChI is InChI=1S/C55H102O14/c1-3-5-7-9-11-13-15-16-17-18-19-20-21-22-23-24-25-26-27-28-29-30-32-34-36-38-47(57)67-44(41-64-39-37-35-33-31-14-12-10-8-6-4-2)42-65-54-53(63)51(61)49(59)46(69-54)43-66-55-52(62)50(60)48(58)45(40-56)68-55/h15-16,18-19,44-46,48-56,58-63H,3-14,17,20-43H2,1-2H3/b16-15-,19-18-. The molecule has 2 aliphatic rings. The molecule has 14 heteroatoms. The summed E-state index contributed by atoms with van der Waals surface area (Å²) in [5, 5.41) is 72.1. The van der Waals surface area contributed by atoms with Gasteiger partial charge in [-0.15, -0.1) is 0 Å². The Labute approximate surface area is 417 Å². The zero-order valence-electron chi connectivity index (χ0n) is 43.3. The third-order valence-electron chi connectivity index (χ3n) is 13.5. The van der Waals surface area contributed by atoms with Crippen molar-refractivity contribution in [2.75, 3.05) is 33.0 Å². The number of aliphatic hydroxyl groups is 7. The van der Waals surface area contributed by atoms with Crippen molar-refractivity contribution in [2.24, 2.45) is 0 Å². The molecule has 0 bridgehead atoms. The van der Waals surface area contributed by atoms with E-state index in [2.05, 4.69) is 38.2 Å². The molecule has 0 spiro atoms. The van der Waals surface area contributed by atoms with Crippen LogP contribution in [0.5, 0.6) is 0 Å². The molecule has 2 saturated heterocycles. The largest absolute Gasteiger partial charge is 0.457 e. The molecule has 0 saturated carbocycles. The Morgan fingerprint density at radius 3 is 1.39 bits per heavy atom. The molecule has 7 N–H and O–H groups in total. The number of hydrogen-bond acceptors (Lipinski definition) is 14. The van der Waals surface area contributed by atoms with Crippen molar-refractivity contribution in [1.82, 2.24) is 0 Å². The SMILES string of the molecule is CCCCCCC/C=C\C/C=C\CCCCCCCCCCCCCCCC(=O)OC(COCCCCCCCCCCCC)COC1OC(COC2OC(CO)C(O)C(O)C2O)C(O)C(O)C1O. The van der Waals surface area contributed by atoms with E-state index < -0.39 is 80.7 Å². The lowest BCUT2D eigenvalue weighted by molar-refractivity contribution is -0.332. The molecular formula is C55H102O14. The van der Waals surface area contributed by atoms with Crippen molar-refractivity contribution in [3.63, 3.8) is 0 Å². The molecule has 14 nitrogen and oxygen atoms in total. The van der Waals surface area contributed by atoms with E-state index in [0.29, 0.717) is 13.0 Å². The maximum atomic E-state index is 13.0. The van der Waals surface area contributed by atoms with Gasteiger partial charge in [-0.1, -0.05) is 192 Å². The highest BCUT2D eigenvalue weighted by Crippen LogP contribution is 2.27. The normalized spacial score (nSPS) is 25.8. The number of unbranched alkanes of at least 4 members (excludes halogenated alkanes) is 27. The minimum absolute atomic E-state index is 0.0655. The molecule has 11 unspecified atom stereocenters. The van der Waals surface area contributed by atoms with Crippen LogP contribution in [0.2, 0.25) is 0 Å². The highest BCUT2D eigenvalue weighted by molar-refractivity contribution is 5.69. The van der Waals surface area contributed by atoms with Gasteiger partial charge in [0.05, 0.1) is 26.4 Å². The number of esters is 1. The van der Waals surface area contributed by atoms with Crippen LogP contribution in [0.3, 0.4) is 0 Å². The predicted molar refractivity (Wildman–Crippen MR) is 270 cm³/mol. The van der Waals surface area contributed by atoms with Crippen LogP contribution in [-0.2, 0) is 33.2 Å². The van der Waals surface area contributed by atoms with Gasteiger partial charge in [-0.05, 0) is 44.9 Å². The lowest BCUT2D eigenvalue weighted by Gasteiger charge is -2.42. The summed E-state index contributed by atoms with van der Waals surface area (Å²) in [6.45, 7) is 3.69. The van der Waals surface area contributed by atoms with Crippen LogP contribution in [0.1, 0.15) is 219 Å². The van der Waals surface area contributed by atoms with E-state index in [1.165, 1.54) is 148 Å². The molecule has 0 aromatic heterocycles. The predicted octanol–water partition coefficient (Wildman–Crippen LogP) is 9.19. The van der Waals surface area contributed by atoms with Crippen LogP contribution in [-0.4, -0.2) is 142 Å². The third-order valence-corrected chi connectivity index (χ3v) is 13.5. The molecule has 11 atom stereocenters. The number of aliphatic hydroxyl groups excluding tert-OH is 7. The first kappa shape index (κ1) is 63.6. The van der Waals surface area contributed by atoms with Crippen molar-refractivity contribution in [2.45, 2.75) is 287 Å². The maximum absolute atomic E-state index is 13.0. The molecule has 69 heavy (non-hydrogen) atoms. The van der Waals surface area contributed by atoms with Crippen LogP contribution in [0, 0.1) is 0 Å². The highest BCUT2D eigenvalue weighted by Gasteiger charge is 2.47. The summed E-state index contributed by atoms with van der Waals surface area (Å²) < 4.78 is 34.3. The molecule has 406 valence electrons. The average Bonchev–Trinajstić information content (AvgIpc) is 3.35. The molecule has 0 aromatic rings. The summed E-state index contributed by atoms with van der Waals surface area (Å²) in [6, 6.07) is 0. The van der Waals surface area contributed by atoms with E-state index >= 15 is 0 Å². The third kappa shape index (κ3) is 30.3. The van der Waals surface area contributed by atoms with Crippen molar-refractivity contribution in [3.8, 4) is 0 Å². The van der Waals surface area contributed by atoms with Crippen molar-refractivity contribution >= 4 is 5.97 Å². The van der Waals surface area contributed by atoms with E-state index in [1.54, 1.807) is 0 Å². The summed E-state index contributed by atoms with van der Waals surface area (Å²) in [5.74, 6) is -0.375. The second kappa shape index (κ2) is 42.9. The van der Waals surface area contributed by atoms with E-state index in [9.17, 15) is 40.5 Å². The smallest absolute Gasteiger partial charge is 0.306 e. The van der Waals surface area contributed by atoms with Gasteiger partial charge in [0.2, 0.25) is 0 Å². The van der Waals surface area contributed by atoms with Gasteiger partial charge in [0, 0.05) is 13.0 Å². The quantitative estimate of drug-likeness (QED) is 0.0172. The topological polar surface area (TPSA) is 214 Å². The molecule has 2 fully saturated rings. The fraction of sp³-hybridized carbons (Fsp3) is 0.909. The lowest BCUT2D eigenvalue weighted by atomic mass is 9.98. The zero-order chi connectivity index (χ0) is 50.2. The number of rotatable bonds is 45. The number of carbonyl (C=O) groups excluding carboxylic acids is 1. The van der Waals surface area contributed by atoms with E-state index in [-0.39, 0.29) is 25.6 Å². The van der Waals surface area contributed by atoms with Crippen molar-refractivity contribution < 1.29 is 69.0 Å². The number of carbonyl (C=O) groups is 1. The highest BCUT2D eigenvalue weighted by atomic mass is 16.7. The number of ether oxygens (including phenoxy) is 6. The Morgan fingerprint density at radius 1 is 0.478 bits per heavy atom. The molecule has 0 aromatic carbocycles. The van der Waals surface area contributed by atoms with Gasteiger partial charge >= 0.3 is 5.97 Å². The van der Waals surface area contributed by atoms with Gasteiger partial charge in [0.25, 0.3) is 0 Å². The first-order valence-electron chi connectivity index (χ1n) is 27.9. The van der Waals surface area contributed by atoms with Crippen molar-refractivity contribution in [1.29, 1.82) is 0 Å². The Bertz CT molecular complexity index is 1240. The molecule has 2 heterocycles. The average molecular weight is 987 g/mol. The van der Waals surface area contributed by atoms with Crippen molar-refractivity contribution in [3.05, 3.63) is 24.3 Å². The summed E-state index contributed by atoms with van der Waals surface area (Å²) in [7, 11) is 0. The van der Waals surface area contributed by atoms with E-state index in [1.807, 2.05) is 0 Å². The van der Waals surface area contributed by atoms with Gasteiger partial charge in [0.15, 0.2) is 12.6 Å². The summed E-state index contributed by atoms with van der Waals surface area (Å²) in [5.41, 5.74) is 0. The summed E-state index contributed by atoms with van der Waals surface area (Å²) >= 11 is 0. The minimum atomic E-state index is -1.70. The van der Waals surface area contributed by atoms with Gasteiger partial charge in [-0.3, -0.25) is 4.79 Å². The van der Waals surface area contributed by atoms with Crippen LogP contribution in [0.25, 0.3) is 0 Å². The molecule has 0 aliphatic carbocycles. The molecule has 2 aliphatic heterocycles. The molecule has 2 rings (SSSR count). The summed E-state index contributed by atoms with van der Waals surface area (Å²) in [4.78, 5) is 13.0. The fourth-order valence-corrected chi connectivity index (χ4v) is 8.90. The summed E-state index contributed by atoms with van der Waals surface area (Å²) in [6.07, 6.45) is 31.1. The fourth-order valence-electron chi connectivity index (χ4n) is 8.90. The first-order chi connectivity index (χ1) is 33.6. The Kier molecular flexibility index (Phi) is 39.6. The van der Waals surface area contributed by atoms with Crippen LogP contribution >= 0.6 is 0 Å². The first-order valence-corrected chi connectivity index (χ1v) is 27.9. The lowest BCUT2D eigenvalue weighted by Crippen LogP contribution is -2.61. The second-order valence-corrected chi connectivity index (χ2v) is 19.8. The Balaban J connectivity index is 1.66. The van der Waals surface area contributed by atoms with E-state index in [0.717, 1.165) is 44.9 Å². The van der Waals surface area contributed by atoms with Gasteiger partial charge in [-0.25, -0.2) is 0 Å². The monoisotopic (exact) mass is 987 g/mol. The van der Waals surface area contributed by atoms with Gasteiger partial charge < -0.3 is 64.2 Å². The molecule has 0 amide bonds. The van der Waals surface area contributed by atoms with Crippen LogP contribution < -0.4 is 0 Å².